The van der Waals surface area contributed by atoms with E-state index >= 15 is 0 Å². The first-order valence-electron chi connectivity index (χ1n) is 4.88. The van der Waals surface area contributed by atoms with Crippen molar-refractivity contribution in [1.29, 1.82) is 0 Å². The van der Waals surface area contributed by atoms with Crippen LogP contribution < -0.4 is 0 Å². The number of nitrogens with zero attached hydrogens (tertiary/aromatic N) is 3. The first kappa shape index (κ1) is 10.3. The lowest BCUT2D eigenvalue weighted by Gasteiger charge is -1.95. The maximum absolute atomic E-state index is 11.7. The van der Waals surface area contributed by atoms with Gasteiger partial charge in [0, 0.05) is 31.2 Å². The second-order valence-corrected chi connectivity index (χ2v) is 3.32. The third kappa shape index (κ3) is 2.23. The fourth-order valence-corrected chi connectivity index (χ4v) is 1.31. The molecule has 0 N–H and O–H groups in total. The molecule has 0 aromatic carbocycles. The molecule has 0 aliphatic carbocycles. The van der Waals surface area contributed by atoms with Crippen molar-refractivity contribution in [2.75, 3.05) is 0 Å². The van der Waals surface area contributed by atoms with Crippen LogP contribution in [0.5, 0.6) is 0 Å². The zero-order valence-electron chi connectivity index (χ0n) is 8.87. The van der Waals surface area contributed by atoms with E-state index in [2.05, 4.69) is 10.1 Å². The van der Waals surface area contributed by atoms with E-state index in [0.29, 0.717) is 5.56 Å². The van der Waals surface area contributed by atoms with Gasteiger partial charge in [-0.3, -0.25) is 14.5 Å². The van der Waals surface area contributed by atoms with Gasteiger partial charge in [0.1, 0.15) is 0 Å². The molecule has 0 atom stereocenters. The number of pyridine rings is 1. The number of rotatable bonds is 3. The van der Waals surface area contributed by atoms with Crippen molar-refractivity contribution in [2.24, 2.45) is 7.05 Å². The molecule has 4 nitrogen and oxygen atoms in total. The molecule has 0 unspecified atom stereocenters. The van der Waals surface area contributed by atoms with Crippen molar-refractivity contribution in [3.63, 3.8) is 0 Å². The molecule has 0 fully saturated rings. The third-order valence-electron chi connectivity index (χ3n) is 2.21. The van der Waals surface area contributed by atoms with Crippen LogP contribution in [0.25, 0.3) is 6.08 Å². The van der Waals surface area contributed by atoms with E-state index in [-0.39, 0.29) is 5.78 Å². The summed E-state index contributed by atoms with van der Waals surface area (Å²) in [6, 6.07) is 5.32. The predicted molar refractivity (Wildman–Crippen MR) is 60.8 cm³/mol. The van der Waals surface area contributed by atoms with Crippen LogP contribution in [0.3, 0.4) is 0 Å². The molecule has 0 saturated heterocycles. The van der Waals surface area contributed by atoms with Gasteiger partial charge in [0.15, 0.2) is 5.78 Å². The Morgan fingerprint density at radius 1 is 1.38 bits per heavy atom. The lowest BCUT2D eigenvalue weighted by Crippen LogP contribution is -1.96. The lowest BCUT2D eigenvalue weighted by molar-refractivity contribution is 0.104. The second-order valence-electron chi connectivity index (χ2n) is 3.32. The molecule has 0 amide bonds. The van der Waals surface area contributed by atoms with E-state index in [1.165, 1.54) is 6.08 Å². The fourth-order valence-electron chi connectivity index (χ4n) is 1.31. The Bertz CT molecular complexity index is 514. The van der Waals surface area contributed by atoms with Crippen LogP contribution in [-0.4, -0.2) is 20.5 Å². The van der Waals surface area contributed by atoms with Crippen LogP contribution in [0.15, 0.2) is 42.9 Å². The Balaban J connectivity index is 2.15. The lowest BCUT2D eigenvalue weighted by atomic mass is 10.2. The summed E-state index contributed by atoms with van der Waals surface area (Å²) in [6.45, 7) is 0. The summed E-state index contributed by atoms with van der Waals surface area (Å²) in [5, 5.41) is 4.01. The molecule has 2 aromatic rings. The summed E-state index contributed by atoms with van der Waals surface area (Å²) in [5.74, 6) is -0.0608. The minimum Gasteiger partial charge on any atom is -0.289 e. The number of carbonyl (C=O) groups is 1. The van der Waals surface area contributed by atoms with Crippen molar-refractivity contribution in [1.82, 2.24) is 14.8 Å². The average molecular weight is 213 g/mol. The summed E-state index contributed by atoms with van der Waals surface area (Å²) in [7, 11) is 1.83. The Labute approximate surface area is 93.2 Å². The average Bonchev–Trinajstić information content (AvgIpc) is 2.73. The number of ketones is 1. The highest BCUT2D eigenvalue weighted by molar-refractivity contribution is 6.06. The van der Waals surface area contributed by atoms with E-state index in [9.17, 15) is 4.79 Å². The van der Waals surface area contributed by atoms with Gasteiger partial charge in [-0.25, -0.2) is 0 Å². The van der Waals surface area contributed by atoms with Gasteiger partial charge in [0.25, 0.3) is 0 Å². The first-order valence-corrected chi connectivity index (χ1v) is 4.88. The summed E-state index contributed by atoms with van der Waals surface area (Å²) in [6.07, 6.45) is 8.14. The van der Waals surface area contributed by atoms with Gasteiger partial charge >= 0.3 is 0 Å². The molecule has 16 heavy (non-hydrogen) atoms. The zero-order chi connectivity index (χ0) is 11.4. The molecule has 0 aliphatic heterocycles. The molecule has 0 radical (unpaired) electrons. The molecule has 2 aromatic heterocycles. The molecule has 4 heteroatoms. The molecule has 2 heterocycles. The van der Waals surface area contributed by atoms with Crippen LogP contribution in [0, 0.1) is 0 Å². The Hall–Kier alpha value is -2.23. The van der Waals surface area contributed by atoms with Crippen molar-refractivity contribution in [2.45, 2.75) is 0 Å². The SMILES string of the molecule is Cn1nccc1/C=C/C(=O)c1cccnc1. The molecule has 0 bridgehead atoms. The highest BCUT2D eigenvalue weighted by Crippen LogP contribution is 2.03. The van der Waals surface area contributed by atoms with Gasteiger partial charge < -0.3 is 0 Å². The maximum Gasteiger partial charge on any atom is 0.187 e. The van der Waals surface area contributed by atoms with Crippen LogP contribution in [0.1, 0.15) is 16.1 Å². The predicted octanol–water partition coefficient (Wildman–Crippen LogP) is 1.71. The number of carbonyl (C=O) groups excluding carboxylic acids is 1. The molecular formula is C12H11N3O. The number of allylic oxidation sites excluding steroid dienone is 1. The van der Waals surface area contributed by atoms with Crippen molar-refractivity contribution in [3.8, 4) is 0 Å². The van der Waals surface area contributed by atoms with E-state index in [1.807, 2.05) is 13.1 Å². The number of aromatic nitrogens is 3. The number of aryl methyl sites for hydroxylation is 1. The van der Waals surface area contributed by atoms with Crippen LogP contribution in [0.2, 0.25) is 0 Å². The van der Waals surface area contributed by atoms with Crippen LogP contribution >= 0.6 is 0 Å². The van der Waals surface area contributed by atoms with Crippen LogP contribution in [-0.2, 0) is 7.05 Å². The summed E-state index contributed by atoms with van der Waals surface area (Å²) < 4.78 is 1.70. The van der Waals surface area contributed by atoms with E-state index in [1.54, 1.807) is 41.5 Å². The van der Waals surface area contributed by atoms with E-state index in [0.717, 1.165) is 5.69 Å². The number of hydrogen-bond acceptors (Lipinski definition) is 3. The molecule has 0 saturated carbocycles. The smallest absolute Gasteiger partial charge is 0.187 e. The van der Waals surface area contributed by atoms with Gasteiger partial charge in [-0.05, 0) is 30.4 Å². The summed E-state index contributed by atoms with van der Waals surface area (Å²) >= 11 is 0. The monoisotopic (exact) mass is 213 g/mol. The Morgan fingerprint density at radius 2 is 2.25 bits per heavy atom. The molecule has 2 rings (SSSR count). The number of hydrogen-bond donors (Lipinski definition) is 0. The molecule has 0 spiro atoms. The normalized spacial score (nSPS) is 10.8. The van der Waals surface area contributed by atoms with E-state index < -0.39 is 0 Å². The molecule has 0 aliphatic rings. The Morgan fingerprint density at radius 3 is 2.88 bits per heavy atom. The van der Waals surface area contributed by atoms with Crippen molar-refractivity contribution >= 4 is 11.9 Å². The minimum absolute atomic E-state index is 0.0608. The van der Waals surface area contributed by atoms with Gasteiger partial charge in [-0.15, -0.1) is 0 Å². The fraction of sp³-hybridized carbons (Fsp3) is 0.0833. The minimum atomic E-state index is -0.0608. The largest absolute Gasteiger partial charge is 0.289 e. The van der Waals surface area contributed by atoms with Crippen LogP contribution in [0.4, 0.5) is 0 Å². The first-order chi connectivity index (χ1) is 7.77. The quantitative estimate of drug-likeness (QED) is 0.576. The van der Waals surface area contributed by atoms with Crippen molar-refractivity contribution < 1.29 is 4.79 Å². The molecule has 80 valence electrons. The molecular weight excluding hydrogens is 202 g/mol. The Kier molecular flexibility index (Phi) is 2.91. The third-order valence-corrected chi connectivity index (χ3v) is 2.21. The maximum atomic E-state index is 11.7. The highest BCUT2D eigenvalue weighted by Gasteiger charge is 2.00. The zero-order valence-corrected chi connectivity index (χ0v) is 8.87. The summed E-state index contributed by atoms with van der Waals surface area (Å²) in [4.78, 5) is 15.6. The topological polar surface area (TPSA) is 47.8 Å². The van der Waals surface area contributed by atoms with Gasteiger partial charge in [-0.2, -0.15) is 5.10 Å². The highest BCUT2D eigenvalue weighted by atomic mass is 16.1. The summed E-state index contributed by atoms with van der Waals surface area (Å²) in [5.41, 5.74) is 1.47. The standard InChI is InChI=1S/C12H11N3O/c1-15-11(6-8-14-15)4-5-12(16)10-3-2-7-13-9-10/h2-9H,1H3/b5-4+. The van der Waals surface area contributed by atoms with Crippen molar-refractivity contribution in [3.05, 3.63) is 54.1 Å². The van der Waals surface area contributed by atoms with Gasteiger partial charge in [0.2, 0.25) is 0 Å². The second kappa shape index (κ2) is 4.53. The van der Waals surface area contributed by atoms with E-state index in [4.69, 9.17) is 0 Å². The van der Waals surface area contributed by atoms with Gasteiger partial charge in [-0.1, -0.05) is 0 Å². The van der Waals surface area contributed by atoms with Gasteiger partial charge in [0.05, 0.1) is 5.69 Å².